The number of aliphatic carboxylic acids is 1. The zero-order valence-electron chi connectivity index (χ0n) is 47.1. The van der Waals surface area contributed by atoms with Crippen molar-refractivity contribution in [3.63, 3.8) is 0 Å². The standard InChI is InChI=1S/C33H33NO4.C31H33NO2.C3H7NO2.CO2.H2O/c1-25(31(35)37-2)30(32(36)38-3)34(24-26-16-8-4-9-17-26)33(27-18-10-5-11-19-27,28-20-12-6-13-21-28)29-22-14-7-15-23-29;1-3-4-5-13-21-31(29-18-11-9-16-27(29)28-17-10-12-19-30(28)31)32(26(20-22-33)24-34-2)23-25-14-7-6-8-15-25;1-2(4)3(5)6;2-1-3;/h4-23,25,30H,24H2,1-3H3;3-19,21,26,33H,1,20,22-24H2,2H3;2H,4H2,1H3,(H,5,6);;1H2/b;5-4-,21-13+;;;/t25-,30+;26-;2-;;/m100../s1. The van der Waals surface area contributed by atoms with Gasteiger partial charge in [-0.05, 0) is 70.3 Å². The number of aliphatic hydroxyl groups excluding tert-OH is 1. The van der Waals surface area contributed by atoms with E-state index in [-0.39, 0.29) is 24.3 Å². The lowest BCUT2D eigenvalue weighted by Crippen LogP contribution is -2.58. The topological polar surface area (TPSA) is 217 Å². The Kier molecular flexibility index (Phi) is 27.1. The molecule has 1 aliphatic rings. The van der Waals surface area contributed by atoms with E-state index in [2.05, 4.69) is 138 Å². The molecule has 0 aromatic heterocycles. The molecule has 8 rings (SSSR count). The largest absolute Gasteiger partial charge is 0.480 e. The van der Waals surface area contributed by atoms with Crippen molar-refractivity contribution in [1.29, 1.82) is 0 Å². The maximum absolute atomic E-state index is 13.7. The average molecular weight is 1110 g/mol. The Morgan fingerprint density at radius 3 is 1.39 bits per heavy atom. The van der Waals surface area contributed by atoms with Crippen LogP contribution in [0.1, 0.15) is 59.2 Å². The number of fused-ring (bicyclic) bond motifs is 3. The predicted molar refractivity (Wildman–Crippen MR) is 319 cm³/mol. The van der Waals surface area contributed by atoms with E-state index in [4.69, 9.17) is 34.6 Å². The number of carbonyl (C=O) groups excluding carboxylic acids is 4. The molecule has 0 saturated carbocycles. The number of allylic oxidation sites excluding steroid dienone is 4. The van der Waals surface area contributed by atoms with E-state index in [0.29, 0.717) is 26.1 Å². The molecular formula is C68H75N3O11. The van der Waals surface area contributed by atoms with E-state index in [1.165, 1.54) is 49.0 Å². The van der Waals surface area contributed by atoms with Gasteiger partial charge >= 0.3 is 24.1 Å². The van der Waals surface area contributed by atoms with Crippen molar-refractivity contribution in [1.82, 2.24) is 9.80 Å². The van der Waals surface area contributed by atoms with Crippen LogP contribution in [0.25, 0.3) is 11.1 Å². The molecule has 0 bridgehead atoms. The Labute approximate surface area is 481 Å². The summed E-state index contributed by atoms with van der Waals surface area (Å²) in [4.78, 5) is 57.1. The summed E-state index contributed by atoms with van der Waals surface area (Å²) in [5.74, 6) is -2.77. The number of aliphatic hydroxyl groups is 1. The summed E-state index contributed by atoms with van der Waals surface area (Å²) in [5, 5.41) is 17.9. The number of hydrogen-bond donors (Lipinski definition) is 3. The fourth-order valence-corrected chi connectivity index (χ4v) is 10.4. The molecule has 0 fully saturated rings. The number of benzene rings is 7. The monoisotopic (exact) mass is 1110 g/mol. The number of ether oxygens (including phenoxy) is 3. The second-order valence-corrected chi connectivity index (χ2v) is 19.0. The van der Waals surface area contributed by atoms with Crippen molar-refractivity contribution >= 4 is 24.1 Å². The highest BCUT2D eigenvalue weighted by Gasteiger charge is 2.51. The molecule has 7 aromatic carbocycles. The van der Waals surface area contributed by atoms with Crippen LogP contribution in [0, 0.1) is 5.92 Å². The Morgan fingerprint density at radius 2 is 1.01 bits per heavy atom. The molecule has 14 heteroatoms. The molecule has 0 spiro atoms. The summed E-state index contributed by atoms with van der Waals surface area (Å²) in [6.45, 7) is 8.65. The van der Waals surface area contributed by atoms with Gasteiger partial charge in [-0.3, -0.25) is 24.2 Å². The van der Waals surface area contributed by atoms with E-state index in [1.54, 1.807) is 20.1 Å². The third-order valence-corrected chi connectivity index (χ3v) is 14.0. The van der Waals surface area contributed by atoms with Crippen LogP contribution in [0.2, 0.25) is 0 Å². The van der Waals surface area contributed by atoms with Crippen molar-refractivity contribution in [2.75, 3.05) is 34.5 Å². The molecule has 6 N–H and O–H groups in total. The first-order valence-corrected chi connectivity index (χ1v) is 26.5. The number of hydrogen-bond acceptors (Lipinski definition) is 12. The van der Waals surface area contributed by atoms with Gasteiger partial charge in [-0.1, -0.05) is 237 Å². The van der Waals surface area contributed by atoms with Crippen LogP contribution in [0.4, 0.5) is 0 Å². The summed E-state index contributed by atoms with van der Waals surface area (Å²) in [6.07, 6.45) is 11.0. The molecule has 0 unspecified atom stereocenters. The summed E-state index contributed by atoms with van der Waals surface area (Å²) >= 11 is 0. The molecule has 14 nitrogen and oxygen atoms in total. The number of nitrogens with zero attached hydrogens (tertiary/aromatic N) is 2. The van der Waals surface area contributed by atoms with Gasteiger partial charge in [-0.2, -0.15) is 9.59 Å². The normalized spacial score (nSPS) is 13.3. The van der Waals surface area contributed by atoms with Crippen LogP contribution in [-0.2, 0) is 62.4 Å². The first-order valence-electron chi connectivity index (χ1n) is 26.5. The van der Waals surface area contributed by atoms with Crippen LogP contribution < -0.4 is 5.73 Å². The maximum Gasteiger partial charge on any atom is 0.373 e. The van der Waals surface area contributed by atoms with Crippen LogP contribution in [0.5, 0.6) is 0 Å². The van der Waals surface area contributed by atoms with Crippen LogP contribution >= 0.6 is 0 Å². The zero-order valence-corrected chi connectivity index (χ0v) is 47.1. The fraction of sp³-hybridized carbons (Fsp3) is 0.235. The van der Waals surface area contributed by atoms with Gasteiger partial charge < -0.3 is 35.6 Å². The minimum absolute atomic E-state index is 0. The molecule has 7 aromatic rings. The van der Waals surface area contributed by atoms with Gasteiger partial charge in [0.1, 0.15) is 12.1 Å². The summed E-state index contributed by atoms with van der Waals surface area (Å²) in [6, 6.07) is 66.4. The van der Waals surface area contributed by atoms with Crippen LogP contribution in [0.15, 0.2) is 237 Å². The number of carboxylic acids is 1. The van der Waals surface area contributed by atoms with E-state index in [0.717, 1.165) is 22.3 Å². The zero-order chi connectivity index (χ0) is 58.6. The van der Waals surface area contributed by atoms with Crippen molar-refractivity contribution in [2.24, 2.45) is 11.7 Å². The Hall–Kier alpha value is -8.69. The lowest BCUT2D eigenvalue weighted by molar-refractivity contribution is -0.191. The Bertz CT molecular complexity index is 2980. The van der Waals surface area contributed by atoms with E-state index < -0.39 is 47.0 Å². The Morgan fingerprint density at radius 1 is 0.622 bits per heavy atom. The van der Waals surface area contributed by atoms with Gasteiger partial charge in [0.25, 0.3) is 0 Å². The average Bonchev–Trinajstić information content (AvgIpc) is 3.79. The molecule has 4 atom stereocenters. The van der Waals surface area contributed by atoms with Crippen molar-refractivity contribution in [3.8, 4) is 11.1 Å². The molecule has 0 aliphatic heterocycles. The number of rotatable bonds is 22. The molecule has 0 radical (unpaired) electrons. The van der Waals surface area contributed by atoms with Gasteiger partial charge in [-0.25, -0.2) is 0 Å². The van der Waals surface area contributed by atoms with Gasteiger partial charge in [0.15, 0.2) is 0 Å². The maximum atomic E-state index is 13.7. The molecule has 0 heterocycles. The summed E-state index contributed by atoms with van der Waals surface area (Å²) in [7, 11) is 4.43. The SMILES string of the molecule is C=C/C=C\C=C\C1(N(Cc2ccccc2)[C@@H](CCO)COC)c2ccccc2-c2ccccc21.COC(=O)[C@H]([C@@H](C)C(=O)OC)N(Cc1ccccc1)C(c1ccccc1)(c1ccccc1)c1ccccc1.C[C@H](N)C(=O)O.O.O=C=O. The van der Waals surface area contributed by atoms with Crippen molar-refractivity contribution in [3.05, 3.63) is 276 Å². The second kappa shape index (κ2) is 33.8. The number of carboxylic acid groups (broad SMARTS) is 1. The first-order chi connectivity index (χ1) is 39.3. The summed E-state index contributed by atoms with van der Waals surface area (Å²) in [5.41, 5.74) is 13.4. The van der Waals surface area contributed by atoms with E-state index in [1.807, 2.05) is 103 Å². The van der Waals surface area contributed by atoms with Crippen LogP contribution in [-0.4, -0.2) is 102 Å². The molecular weight excluding hydrogens is 1030 g/mol. The minimum atomic E-state index is -0.965. The number of esters is 2. The second-order valence-electron chi connectivity index (χ2n) is 19.0. The Balaban J connectivity index is 0.000000305. The first kappa shape index (κ1) is 65.8. The van der Waals surface area contributed by atoms with Gasteiger partial charge in [0.05, 0.1) is 37.8 Å². The van der Waals surface area contributed by atoms with E-state index in [9.17, 15) is 19.5 Å². The molecule has 428 valence electrons. The molecule has 0 amide bonds. The lowest BCUT2D eigenvalue weighted by Gasteiger charge is -2.49. The third-order valence-electron chi connectivity index (χ3n) is 14.0. The van der Waals surface area contributed by atoms with Crippen LogP contribution in [0.3, 0.4) is 0 Å². The third kappa shape index (κ3) is 16.0. The highest BCUT2D eigenvalue weighted by atomic mass is 16.5. The highest BCUT2D eigenvalue weighted by molar-refractivity contribution is 5.85. The van der Waals surface area contributed by atoms with Gasteiger partial charge in [0.2, 0.25) is 0 Å². The minimum Gasteiger partial charge on any atom is -0.480 e. The molecule has 0 saturated heterocycles. The molecule has 1 aliphatic carbocycles. The number of carbonyl (C=O) groups is 3. The van der Waals surface area contributed by atoms with Gasteiger partial charge in [0, 0.05) is 32.8 Å². The van der Waals surface area contributed by atoms with Crippen molar-refractivity contribution < 1.29 is 53.9 Å². The van der Waals surface area contributed by atoms with Gasteiger partial charge in [-0.15, -0.1) is 0 Å². The number of nitrogens with two attached hydrogens (primary N) is 1. The quantitative estimate of drug-likeness (QED) is 0.0327. The fourth-order valence-electron chi connectivity index (χ4n) is 10.4. The molecule has 82 heavy (non-hydrogen) atoms. The highest BCUT2D eigenvalue weighted by Crippen LogP contribution is 2.53. The van der Waals surface area contributed by atoms with E-state index >= 15 is 0 Å². The summed E-state index contributed by atoms with van der Waals surface area (Å²) < 4.78 is 16.2. The lowest BCUT2D eigenvalue weighted by atomic mass is 9.73. The smallest absolute Gasteiger partial charge is 0.373 e. The van der Waals surface area contributed by atoms with Crippen molar-refractivity contribution in [2.45, 2.75) is 62.6 Å². The number of methoxy groups -OCH3 is 3. The predicted octanol–water partition coefficient (Wildman–Crippen LogP) is 9.95.